The number of hydrogen-bond donors (Lipinski definition) is 4. The molecule has 0 fully saturated rings. The third-order valence-electron chi connectivity index (χ3n) is 2.87. The largest absolute Gasteiger partial charge is 0.481 e. The van der Waals surface area contributed by atoms with Crippen LogP contribution in [0.5, 0.6) is 0 Å². The van der Waals surface area contributed by atoms with Gasteiger partial charge in [0.2, 0.25) is 5.91 Å². The molecule has 0 unspecified atom stereocenters. The standard InChI is InChI=1S/C13H25N3O4/c1-4-15-12(20)16-10(17)9-14-8-7-13(2,3)6-5-11(18)19/h14H,4-9H2,1-3H3,(H,18,19)(H2,15,16,17,20). The molecule has 0 aliphatic rings. The summed E-state index contributed by atoms with van der Waals surface area (Å²) in [5.74, 6) is -1.19. The molecule has 0 saturated carbocycles. The van der Waals surface area contributed by atoms with Gasteiger partial charge < -0.3 is 15.7 Å². The minimum atomic E-state index is -0.799. The Bertz CT molecular complexity index is 343. The molecule has 20 heavy (non-hydrogen) atoms. The Morgan fingerprint density at radius 2 is 1.80 bits per heavy atom. The van der Waals surface area contributed by atoms with E-state index in [2.05, 4.69) is 16.0 Å². The quantitative estimate of drug-likeness (QED) is 0.467. The SMILES string of the molecule is CCNC(=O)NC(=O)CNCCC(C)(C)CCC(=O)O. The summed E-state index contributed by atoms with van der Waals surface area (Å²) in [7, 11) is 0. The lowest BCUT2D eigenvalue weighted by Gasteiger charge is -2.23. The van der Waals surface area contributed by atoms with Crippen LogP contribution < -0.4 is 16.0 Å². The number of amides is 3. The summed E-state index contributed by atoms with van der Waals surface area (Å²) in [4.78, 5) is 32.9. The second-order valence-electron chi connectivity index (χ2n) is 5.39. The van der Waals surface area contributed by atoms with Gasteiger partial charge in [-0.25, -0.2) is 4.79 Å². The Balaban J connectivity index is 3.76. The van der Waals surface area contributed by atoms with Gasteiger partial charge in [0.15, 0.2) is 0 Å². The first-order chi connectivity index (χ1) is 9.26. The molecule has 7 nitrogen and oxygen atoms in total. The van der Waals surface area contributed by atoms with Crippen molar-refractivity contribution in [2.24, 2.45) is 5.41 Å². The van der Waals surface area contributed by atoms with E-state index in [1.807, 2.05) is 13.8 Å². The number of carbonyl (C=O) groups is 3. The zero-order valence-electron chi connectivity index (χ0n) is 12.4. The third-order valence-corrected chi connectivity index (χ3v) is 2.87. The zero-order chi connectivity index (χ0) is 15.6. The van der Waals surface area contributed by atoms with Gasteiger partial charge in [0, 0.05) is 13.0 Å². The van der Waals surface area contributed by atoms with Crippen LogP contribution in [0.15, 0.2) is 0 Å². The van der Waals surface area contributed by atoms with E-state index in [1.165, 1.54) is 0 Å². The zero-order valence-corrected chi connectivity index (χ0v) is 12.4. The van der Waals surface area contributed by atoms with Crippen molar-refractivity contribution in [3.05, 3.63) is 0 Å². The van der Waals surface area contributed by atoms with Crippen LogP contribution in [-0.2, 0) is 9.59 Å². The van der Waals surface area contributed by atoms with Gasteiger partial charge >= 0.3 is 12.0 Å². The molecule has 0 atom stereocenters. The summed E-state index contributed by atoms with van der Waals surface area (Å²) in [5.41, 5.74) is -0.0958. The summed E-state index contributed by atoms with van der Waals surface area (Å²) in [5, 5.41) is 16.2. The van der Waals surface area contributed by atoms with Crippen molar-refractivity contribution in [2.75, 3.05) is 19.6 Å². The molecule has 0 aromatic carbocycles. The fourth-order valence-corrected chi connectivity index (χ4v) is 1.57. The van der Waals surface area contributed by atoms with Crippen LogP contribution in [0.2, 0.25) is 0 Å². The third kappa shape index (κ3) is 10.3. The molecule has 0 aromatic rings. The maximum absolute atomic E-state index is 11.4. The minimum absolute atomic E-state index is 0.0617. The molecule has 3 amide bonds. The number of imide groups is 1. The van der Waals surface area contributed by atoms with Crippen molar-refractivity contribution in [3.8, 4) is 0 Å². The summed E-state index contributed by atoms with van der Waals surface area (Å²) in [6, 6.07) is -0.499. The molecule has 0 saturated heterocycles. The molecule has 0 radical (unpaired) electrons. The van der Waals surface area contributed by atoms with Crippen LogP contribution in [0.4, 0.5) is 4.79 Å². The van der Waals surface area contributed by atoms with Crippen molar-refractivity contribution < 1.29 is 19.5 Å². The maximum atomic E-state index is 11.4. The molecule has 0 rings (SSSR count). The fourth-order valence-electron chi connectivity index (χ4n) is 1.57. The fraction of sp³-hybridized carbons (Fsp3) is 0.769. The van der Waals surface area contributed by atoms with E-state index < -0.39 is 12.0 Å². The van der Waals surface area contributed by atoms with Crippen molar-refractivity contribution in [1.82, 2.24) is 16.0 Å². The first-order valence-electron chi connectivity index (χ1n) is 6.77. The van der Waals surface area contributed by atoms with Crippen LogP contribution in [0.1, 0.15) is 40.0 Å². The van der Waals surface area contributed by atoms with E-state index >= 15 is 0 Å². The van der Waals surface area contributed by atoms with E-state index in [0.29, 0.717) is 19.5 Å². The second-order valence-corrected chi connectivity index (χ2v) is 5.39. The van der Waals surface area contributed by atoms with Crippen LogP contribution in [0.3, 0.4) is 0 Å². The number of nitrogens with one attached hydrogen (secondary N) is 3. The van der Waals surface area contributed by atoms with Gasteiger partial charge in [-0.05, 0) is 31.7 Å². The Hall–Kier alpha value is -1.63. The molecule has 4 N–H and O–H groups in total. The molecule has 0 heterocycles. The average Bonchev–Trinajstić information content (AvgIpc) is 2.33. The monoisotopic (exact) mass is 287 g/mol. The highest BCUT2D eigenvalue weighted by molar-refractivity contribution is 5.95. The van der Waals surface area contributed by atoms with Gasteiger partial charge in [-0.15, -0.1) is 0 Å². The molecular formula is C13H25N3O4. The molecule has 0 aliphatic carbocycles. The number of rotatable bonds is 9. The van der Waals surface area contributed by atoms with Crippen LogP contribution >= 0.6 is 0 Å². The maximum Gasteiger partial charge on any atom is 0.321 e. The van der Waals surface area contributed by atoms with Crippen molar-refractivity contribution in [2.45, 2.75) is 40.0 Å². The number of carboxylic acid groups (broad SMARTS) is 1. The molecular weight excluding hydrogens is 262 g/mol. The van der Waals surface area contributed by atoms with Crippen molar-refractivity contribution in [3.63, 3.8) is 0 Å². The molecule has 0 aliphatic heterocycles. The molecule has 0 aromatic heterocycles. The first kappa shape index (κ1) is 18.4. The van der Waals surface area contributed by atoms with Crippen molar-refractivity contribution in [1.29, 1.82) is 0 Å². The average molecular weight is 287 g/mol. The van der Waals surface area contributed by atoms with Gasteiger partial charge in [0.1, 0.15) is 0 Å². The number of carbonyl (C=O) groups excluding carboxylic acids is 2. The molecule has 7 heteroatoms. The lowest BCUT2D eigenvalue weighted by atomic mass is 9.84. The summed E-state index contributed by atoms with van der Waals surface area (Å²) < 4.78 is 0. The molecule has 0 bridgehead atoms. The van der Waals surface area contributed by atoms with E-state index in [4.69, 9.17) is 5.11 Å². The summed E-state index contributed by atoms with van der Waals surface area (Å²) in [6.45, 7) is 6.87. The Morgan fingerprint density at radius 1 is 1.15 bits per heavy atom. The van der Waals surface area contributed by atoms with E-state index in [0.717, 1.165) is 6.42 Å². The summed E-state index contributed by atoms with van der Waals surface area (Å²) >= 11 is 0. The Morgan fingerprint density at radius 3 is 2.35 bits per heavy atom. The van der Waals surface area contributed by atoms with Gasteiger partial charge in [-0.3, -0.25) is 14.9 Å². The minimum Gasteiger partial charge on any atom is -0.481 e. The molecule has 116 valence electrons. The van der Waals surface area contributed by atoms with Crippen molar-refractivity contribution >= 4 is 17.9 Å². The van der Waals surface area contributed by atoms with E-state index in [1.54, 1.807) is 6.92 Å². The van der Waals surface area contributed by atoms with Gasteiger partial charge in [0.25, 0.3) is 0 Å². The van der Waals surface area contributed by atoms with E-state index in [-0.39, 0.29) is 24.3 Å². The van der Waals surface area contributed by atoms with Gasteiger partial charge in [-0.2, -0.15) is 0 Å². The Kier molecular flexibility index (Phi) is 8.54. The lowest BCUT2D eigenvalue weighted by Crippen LogP contribution is -2.43. The Labute approximate surface area is 119 Å². The van der Waals surface area contributed by atoms with Gasteiger partial charge in [-0.1, -0.05) is 13.8 Å². The number of aliphatic carboxylic acids is 1. The predicted octanol–water partition coefficient (Wildman–Crippen LogP) is 0.703. The van der Waals surface area contributed by atoms with Crippen LogP contribution in [0.25, 0.3) is 0 Å². The number of hydrogen-bond acceptors (Lipinski definition) is 4. The van der Waals surface area contributed by atoms with E-state index in [9.17, 15) is 14.4 Å². The number of carboxylic acids is 1. The highest BCUT2D eigenvalue weighted by Gasteiger charge is 2.18. The van der Waals surface area contributed by atoms with Crippen LogP contribution in [-0.4, -0.2) is 42.6 Å². The normalized spacial score (nSPS) is 10.9. The predicted molar refractivity (Wildman–Crippen MR) is 75.4 cm³/mol. The first-order valence-corrected chi connectivity index (χ1v) is 6.77. The highest BCUT2D eigenvalue weighted by Crippen LogP contribution is 2.25. The molecule has 0 spiro atoms. The lowest BCUT2D eigenvalue weighted by molar-refractivity contribution is -0.137. The second kappa shape index (κ2) is 9.30. The smallest absolute Gasteiger partial charge is 0.321 e. The van der Waals surface area contributed by atoms with Crippen LogP contribution in [0, 0.1) is 5.41 Å². The van der Waals surface area contributed by atoms with Gasteiger partial charge in [0.05, 0.1) is 6.54 Å². The number of urea groups is 1. The highest BCUT2D eigenvalue weighted by atomic mass is 16.4. The topological polar surface area (TPSA) is 108 Å². The summed E-state index contributed by atoms with van der Waals surface area (Å²) in [6.07, 6.45) is 1.49.